The van der Waals surface area contributed by atoms with Crippen molar-refractivity contribution < 1.29 is 19.7 Å². The van der Waals surface area contributed by atoms with Gasteiger partial charge in [-0.1, -0.05) is 110 Å². The van der Waals surface area contributed by atoms with Gasteiger partial charge in [-0.15, -0.1) is 0 Å². The summed E-state index contributed by atoms with van der Waals surface area (Å²) >= 11 is 0. The van der Waals surface area contributed by atoms with Gasteiger partial charge in [0.1, 0.15) is 11.6 Å². The van der Waals surface area contributed by atoms with Crippen molar-refractivity contribution in [3.05, 3.63) is 157 Å². The number of halogens is 2. The van der Waals surface area contributed by atoms with Gasteiger partial charge < -0.3 is 9.80 Å². The van der Waals surface area contributed by atoms with Crippen LogP contribution in [0, 0.1) is 11.6 Å². The molecule has 0 unspecified atom stereocenters. The number of anilines is 6. The van der Waals surface area contributed by atoms with E-state index in [0.717, 1.165) is 21.5 Å². The third-order valence-corrected chi connectivity index (χ3v) is 12.9. The summed E-state index contributed by atoms with van der Waals surface area (Å²) in [6.07, 6.45) is 0. The summed E-state index contributed by atoms with van der Waals surface area (Å²) < 4.78 is 103. The fourth-order valence-electron chi connectivity index (χ4n) is 6.70. The highest BCUT2D eigenvalue weighted by molar-refractivity contribution is 6.89. The maximum Gasteiger partial charge on any atom is 0.123 e. The lowest BCUT2D eigenvalue weighted by molar-refractivity contribution is 0.627. The van der Waals surface area contributed by atoms with Gasteiger partial charge >= 0.3 is 0 Å². The van der Waals surface area contributed by atoms with E-state index in [1.807, 2.05) is 87.8 Å². The topological polar surface area (TPSA) is 6.48 Å². The highest BCUT2D eigenvalue weighted by Gasteiger charge is 2.23. The molecule has 0 saturated heterocycles. The van der Waals surface area contributed by atoms with Gasteiger partial charge in [-0.2, -0.15) is 0 Å². The van der Waals surface area contributed by atoms with E-state index in [2.05, 4.69) is 0 Å². The molecule has 0 atom stereocenters. The molecule has 0 aliphatic carbocycles. The first-order valence-corrected chi connectivity index (χ1v) is 24.3. The van der Waals surface area contributed by atoms with Gasteiger partial charge in [0, 0.05) is 33.5 Å². The van der Waals surface area contributed by atoms with Crippen LogP contribution in [-0.2, 0) is 0 Å². The van der Waals surface area contributed by atoms with Gasteiger partial charge in [-0.3, -0.25) is 0 Å². The van der Waals surface area contributed by atoms with Crippen molar-refractivity contribution >= 4 is 93.0 Å². The number of rotatable bonds is 8. The van der Waals surface area contributed by atoms with Crippen LogP contribution in [0.5, 0.6) is 0 Å². The minimum Gasteiger partial charge on any atom is -0.310 e. The molecule has 52 heavy (non-hydrogen) atoms. The first kappa shape index (κ1) is 25.6. The Morgan fingerprint density at radius 1 is 0.404 bits per heavy atom. The highest BCUT2D eigenvalue weighted by Crippen LogP contribution is 2.47. The zero-order valence-electron chi connectivity index (χ0n) is 37.9. The molecule has 0 saturated carbocycles. The molecule has 6 heteroatoms. The summed E-state index contributed by atoms with van der Waals surface area (Å²) in [5, 5.41) is 5.57. The van der Waals surface area contributed by atoms with E-state index in [9.17, 15) is 14.3 Å². The number of benzene rings is 8. The Labute approximate surface area is 318 Å². The molecule has 0 aliphatic rings. The second kappa shape index (κ2) is 12.7. The molecule has 0 N–H and O–H groups in total. The lowest BCUT2D eigenvalue weighted by atomic mass is 9.91. The number of hydrogen-bond acceptors (Lipinski definition) is 2. The van der Waals surface area contributed by atoms with Crippen LogP contribution in [0.3, 0.4) is 0 Å². The molecule has 2 nitrogen and oxygen atoms in total. The van der Waals surface area contributed by atoms with Gasteiger partial charge in [-0.05, 0) is 106 Å². The van der Waals surface area contributed by atoms with Gasteiger partial charge in [0.25, 0.3) is 0 Å². The van der Waals surface area contributed by atoms with Crippen LogP contribution in [0.25, 0.3) is 32.3 Å². The smallest absolute Gasteiger partial charge is 0.123 e. The first-order valence-electron chi connectivity index (χ1n) is 21.3. The van der Waals surface area contributed by atoms with E-state index in [0.29, 0.717) is 43.9 Å². The van der Waals surface area contributed by atoms with Crippen LogP contribution < -0.4 is 20.2 Å². The molecular formula is C46H42F2N2Si2. The molecule has 8 aromatic rings. The van der Waals surface area contributed by atoms with E-state index in [4.69, 9.17) is 5.48 Å². The Kier molecular flexibility index (Phi) is 6.27. The zero-order chi connectivity index (χ0) is 43.3. The first-order chi connectivity index (χ1) is 28.2. The van der Waals surface area contributed by atoms with Gasteiger partial charge in [-0.25, -0.2) is 8.78 Å². The molecule has 0 heterocycles. The lowest BCUT2D eigenvalue weighted by Crippen LogP contribution is -2.37. The molecule has 0 aliphatic heterocycles. The summed E-state index contributed by atoms with van der Waals surface area (Å²) in [5.74, 6) is -0.948. The van der Waals surface area contributed by atoms with Crippen molar-refractivity contribution in [2.45, 2.75) is 39.3 Å². The molecule has 8 rings (SSSR count). The van der Waals surface area contributed by atoms with E-state index in [1.54, 1.807) is 34.1 Å². The normalized spacial score (nSPS) is 14.4. The molecule has 8 aromatic carbocycles. The van der Waals surface area contributed by atoms with E-state index in [-0.39, 0.29) is 59.7 Å². The fourth-order valence-corrected chi connectivity index (χ4v) is 8.45. The number of nitrogens with zero attached hydrogens (tertiary/aromatic N) is 2. The van der Waals surface area contributed by atoms with Crippen LogP contribution in [0.2, 0.25) is 39.3 Å². The van der Waals surface area contributed by atoms with E-state index in [1.165, 1.54) is 24.3 Å². The second-order valence-electron chi connectivity index (χ2n) is 15.2. The van der Waals surface area contributed by atoms with Crippen LogP contribution in [0.1, 0.15) is 11.0 Å². The molecule has 0 fully saturated rings. The van der Waals surface area contributed by atoms with Crippen LogP contribution in [-0.4, -0.2) is 16.1 Å². The Hall–Kier alpha value is -5.31. The minimum atomic E-state index is -2.34. The molecule has 0 spiro atoms. The largest absolute Gasteiger partial charge is 0.310 e. The minimum absolute atomic E-state index is 0.0296. The predicted octanol–water partition coefficient (Wildman–Crippen LogP) is 12.9. The summed E-state index contributed by atoms with van der Waals surface area (Å²) in [4.78, 5) is 3.33. The SMILES string of the molecule is [2H]c1c([2H])c([Si](C)(C)C)c([2H])c([2H])c1N(c1ccc(F)cc1)c1ccc2ccc3c(N(c4ccc(F)cc4)c4c([2H])c([2H])c([Si](C)(C)C)c([2H])c4[2H])ccc4ccc1c2c43. The van der Waals surface area contributed by atoms with E-state index >= 15 is 0 Å². The summed E-state index contributed by atoms with van der Waals surface area (Å²) in [6.45, 7) is 11.9. The molecule has 258 valence electrons. The highest BCUT2D eigenvalue weighted by atomic mass is 28.3. The summed E-state index contributed by atoms with van der Waals surface area (Å²) in [6, 6.07) is 25.5. The molecule has 0 amide bonds. The maximum atomic E-state index is 14.5. The maximum absolute atomic E-state index is 14.5. The molecular weight excluding hydrogens is 675 g/mol. The van der Waals surface area contributed by atoms with Gasteiger partial charge in [0.2, 0.25) is 0 Å². The van der Waals surface area contributed by atoms with Crippen molar-refractivity contribution in [3.8, 4) is 0 Å². The fraction of sp³-hybridized carbons (Fsp3) is 0.130. The van der Waals surface area contributed by atoms with Crippen molar-refractivity contribution in [2.24, 2.45) is 0 Å². The third-order valence-electron chi connectivity index (χ3n) is 9.44. The van der Waals surface area contributed by atoms with Crippen LogP contribution in [0.15, 0.2) is 145 Å². The van der Waals surface area contributed by atoms with E-state index < -0.39 is 27.8 Å². The average Bonchev–Trinajstić information content (AvgIpc) is 3.19. The summed E-state index contributed by atoms with van der Waals surface area (Å²) in [7, 11) is -4.67. The van der Waals surface area contributed by atoms with Crippen molar-refractivity contribution in [2.75, 3.05) is 9.80 Å². The zero-order valence-corrected chi connectivity index (χ0v) is 31.9. The molecule has 0 radical (unpaired) electrons. The average molecular weight is 725 g/mol. The monoisotopic (exact) mass is 724 g/mol. The molecule has 0 aromatic heterocycles. The summed E-state index contributed by atoms with van der Waals surface area (Å²) in [5.41, 5.74) is 1.99. The van der Waals surface area contributed by atoms with Crippen LogP contribution in [0.4, 0.5) is 42.9 Å². The Balaban J connectivity index is 1.46. The Bertz CT molecular complexity index is 2760. The number of hydrogen-bond donors (Lipinski definition) is 0. The second-order valence-corrected chi connectivity index (χ2v) is 25.2. The standard InChI is InChI=1S/C46H42F2N2Si2/c1-51(2,3)39-23-19-37(20-24-39)49(35-15-11-33(47)12-16-35)43-29-9-31-8-28-42-44(30-10-32-7-27-41(43)45(31)46(32)42)50(36-17-13-34(48)14-18-36)38-21-25-40(26-22-38)52(4,5)6/h7-30H,1-6H3/i19D,20D,21D,22D,23D,24D,25D,26D. The third kappa shape index (κ3) is 6.06. The lowest BCUT2D eigenvalue weighted by Gasteiger charge is -2.30. The van der Waals surface area contributed by atoms with Crippen molar-refractivity contribution in [1.29, 1.82) is 0 Å². The van der Waals surface area contributed by atoms with Gasteiger partial charge in [0.05, 0.1) is 38.5 Å². The van der Waals surface area contributed by atoms with Crippen LogP contribution >= 0.6 is 0 Å². The predicted molar refractivity (Wildman–Crippen MR) is 225 cm³/mol. The quantitative estimate of drug-likeness (QED) is 0.114. The van der Waals surface area contributed by atoms with Gasteiger partial charge in [0.15, 0.2) is 0 Å². The molecule has 0 bridgehead atoms. The van der Waals surface area contributed by atoms with Crippen molar-refractivity contribution in [3.63, 3.8) is 0 Å². The Morgan fingerprint density at radius 2 is 0.731 bits per heavy atom. The Morgan fingerprint density at radius 3 is 1.06 bits per heavy atom. The van der Waals surface area contributed by atoms with Crippen molar-refractivity contribution in [1.82, 2.24) is 0 Å².